The Morgan fingerprint density at radius 3 is 1.03 bits per heavy atom. The number of carbonyl (C=O) groups is 1. The molecule has 1 amide bonds. The Balaban J connectivity index is 2.14. The van der Waals surface area contributed by atoms with E-state index in [1.54, 1.807) is 6.08 Å². The summed E-state index contributed by atoms with van der Waals surface area (Å²) in [6.45, 7) is 3.67. The molecule has 1 aliphatic heterocycles. The average Bonchev–Trinajstić information content (AvgIpc) is 1.01. The lowest BCUT2D eigenvalue weighted by atomic mass is 9.99. The summed E-state index contributed by atoms with van der Waals surface area (Å²) in [4.78, 5) is 13.2. The summed E-state index contributed by atoms with van der Waals surface area (Å²) in [6.07, 6.45) is 102. The maximum atomic E-state index is 13.2. The molecule has 9 heteroatoms. The fourth-order valence-corrected chi connectivity index (χ4v) is 11.7. The van der Waals surface area contributed by atoms with E-state index in [1.165, 1.54) is 212 Å². The third-order valence-electron chi connectivity index (χ3n) is 17.7. The molecule has 6 N–H and O–H groups in total. The molecule has 0 aliphatic carbocycles. The standard InChI is InChI=1S/C84H145NO8/c1-3-5-7-9-11-13-15-17-19-21-23-25-27-29-31-33-35-37-38-39-40-42-44-46-48-50-52-54-56-58-60-62-64-66-68-70-72-74-80(88)85-77(76-92-84-83(91)82(90)81(89)79(75-86)93-84)78(87)73-71-69-67-65-63-61-59-57-55-53-51-49-47-45-43-41-36-34-32-30-28-26-24-22-20-18-16-14-12-10-8-6-4-2/h5,7,11,13,17,19,23,25,29,31,35,37,39-40,44,46,55,57,63,65,71,73,77-79,81-84,86-87,89-91H,3-4,6,8-10,12,14-16,18,20-22,24,26-28,30,32-34,36,38,41-43,45,47-54,56,58-62,64,66-70,72,74-76H2,1-2H3,(H,85,88)/b7-5-,13-11-,19-17-,25-23-,31-29-,37-35-,40-39-,46-44-,57-55+,65-63+,73-71+. The van der Waals surface area contributed by atoms with Gasteiger partial charge in [0.15, 0.2) is 6.29 Å². The van der Waals surface area contributed by atoms with Crippen LogP contribution in [0.15, 0.2) is 134 Å². The molecule has 1 heterocycles. The van der Waals surface area contributed by atoms with Gasteiger partial charge in [-0.25, -0.2) is 0 Å². The number of carbonyl (C=O) groups excluding carboxylic acids is 1. The van der Waals surface area contributed by atoms with Crippen molar-refractivity contribution in [2.75, 3.05) is 13.2 Å². The van der Waals surface area contributed by atoms with Gasteiger partial charge in [-0.3, -0.25) is 4.79 Å². The quantitative estimate of drug-likeness (QED) is 0.0261. The van der Waals surface area contributed by atoms with Gasteiger partial charge >= 0.3 is 0 Å². The lowest BCUT2D eigenvalue weighted by molar-refractivity contribution is -0.302. The zero-order valence-corrected chi connectivity index (χ0v) is 60.0. The van der Waals surface area contributed by atoms with Crippen LogP contribution in [-0.2, 0) is 14.3 Å². The van der Waals surface area contributed by atoms with Crippen molar-refractivity contribution in [1.29, 1.82) is 0 Å². The molecule has 1 rings (SSSR count). The molecule has 9 nitrogen and oxygen atoms in total. The van der Waals surface area contributed by atoms with Crippen molar-refractivity contribution in [3.8, 4) is 0 Å². The van der Waals surface area contributed by atoms with Gasteiger partial charge < -0.3 is 40.3 Å². The first kappa shape index (κ1) is 87.3. The van der Waals surface area contributed by atoms with E-state index in [2.05, 4.69) is 141 Å². The number of ether oxygens (including phenoxy) is 2. The molecule has 534 valence electrons. The summed E-state index contributed by atoms with van der Waals surface area (Å²) in [7, 11) is 0. The molecule has 0 radical (unpaired) electrons. The van der Waals surface area contributed by atoms with Crippen molar-refractivity contribution in [2.24, 2.45) is 0 Å². The number of aliphatic hydroxyl groups excluding tert-OH is 5. The summed E-state index contributed by atoms with van der Waals surface area (Å²) >= 11 is 0. The number of allylic oxidation sites excluding steroid dienone is 21. The number of nitrogens with one attached hydrogen (secondary N) is 1. The minimum atomic E-state index is -1.58. The predicted molar refractivity (Wildman–Crippen MR) is 400 cm³/mol. The second-order valence-corrected chi connectivity index (χ2v) is 26.4. The van der Waals surface area contributed by atoms with Crippen LogP contribution in [0.25, 0.3) is 0 Å². The second-order valence-electron chi connectivity index (χ2n) is 26.4. The number of hydrogen-bond donors (Lipinski definition) is 6. The molecule has 0 aromatic rings. The highest BCUT2D eigenvalue weighted by Gasteiger charge is 2.44. The molecule has 7 unspecified atom stereocenters. The Labute approximate surface area is 572 Å². The first-order valence-corrected chi connectivity index (χ1v) is 38.9. The monoisotopic (exact) mass is 1300 g/mol. The molecule has 1 aliphatic rings. The van der Waals surface area contributed by atoms with Gasteiger partial charge in [-0.05, 0) is 109 Å². The fraction of sp³-hybridized carbons (Fsp3) is 0.726. The van der Waals surface area contributed by atoms with E-state index in [1.807, 2.05) is 6.08 Å². The maximum Gasteiger partial charge on any atom is 0.220 e. The Morgan fingerprint density at radius 1 is 0.376 bits per heavy atom. The Morgan fingerprint density at radius 2 is 0.677 bits per heavy atom. The van der Waals surface area contributed by atoms with E-state index >= 15 is 0 Å². The number of rotatable bonds is 67. The van der Waals surface area contributed by atoms with E-state index in [4.69, 9.17) is 9.47 Å². The summed E-state index contributed by atoms with van der Waals surface area (Å²) in [5, 5.41) is 54.8. The zero-order valence-electron chi connectivity index (χ0n) is 60.0. The molecule has 7 atom stereocenters. The van der Waals surface area contributed by atoms with Crippen molar-refractivity contribution >= 4 is 5.91 Å². The molecular formula is C84H145NO8. The smallest absolute Gasteiger partial charge is 0.220 e. The van der Waals surface area contributed by atoms with Crippen LogP contribution in [0.5, 0.6) is 0 Å². The van der Waals surface area contributed by atoms with Gasteiger partial charge in [0.05, 0.1) is 25.4 Å². The van der Waals surface area contributed by atoms with E-state index < -0.39 is 49.5 Å². The first-order chi connectivity index (χ1) is 45.8. The average molecular weight is 1300 g/mol. The van der Waals surface area contributed by atoms with Crippen LogP contribution in [0, 0.1) is 0 Å². The van der Waals surface area contributed by atoms with E-state index in [0.29, 0.717) is 6.42 Å². The maximum absolute atomic E-state index is 13.2. The van der Waals surface area contributed by atoms with Gasteiger partial charge in [-0.2, -0.15) is 0 Å². The summed E-state index contributed by atoms with van der Waals surface area (Å²) in [6, 6.07) is -0.841. The van der Waals surface area contributed by atoms with Crippen LogP contribution in [0.1, 0.15) is 335 Å². The van der Waals surface area contributed by atoms with Crippen LogP contribution in [0.3, 0.4) is 0 Å². The first-order valence-electron chi connectivity index (χ1n) is 38.9. The van der Waals surface area contributed by atoms with Crippen molar-refractivity contribution in [1.82, 2.24) is 5.32 Å². The number of aliphatic hydroxyl groups is 5. The molecule has 0 aromatic heterocycles. The second kappa shape index (κ2) is 71.1. The lowest BCUT2D eigenvalue weighted by Gasteiger charge is -2.40. The molecule has 0 spiro atoms. The van der Waals surface area contributed by atoms with E-state index in [-0.39, 0.29) is 12.5 Å². The van der Waals surface area contributed by atoms with Gasteiger partial charge in [-0.1, -0.05) is 353 Å². The van der Waals surface area contributed by atoms with Crippen molar-refractivity contribution in [3.05, 3.63) is 134 Å². The van der Waals surface area contributed by atoms with E-state index in [9.17, 15) is 30.3 Å². The molecule has 0 saturated carbocycles. The molecule has 93 heavy (non-hydrogen) atoms. The zero-order chi connectivity index (χ0) is 67.1. The van der Waals surface area contributed by atoms with Crippen molar-refractivity contribution in [3.63, 3.8) is 0 Å². The Hall–Kier alpha value is -3.67. The largest absolute Gasteiger partial charge is 0.394 e. The highest BCUT2D eigenvalue weighted by molar-refractivity contribution is 5.76. The summed E-state index contributed by atoms with van der Waals surface area (Å²) < 4.78 is 11.3. The predicted octanol–water partition coefficient (Wildman–Crippen LogP) is 22.3. The molecule has 1 fully saturated rings. The van der Waals surface area contributed by atoms with Crippen LogP contribution in [-0.4, -0.2) is 87.5 Å². The van der Waals surface area contributed by atoms with Gasteiger partial charge in [0.1, 0.15) is 24.4 Å². The summed E-state index contributed by atoms with van der Waals surface area (Å²) in [5.74, 6) is -0.195. The number of hydrogen-bond acceptors (Lipinski definition) is 8. The normalized spacial score (nSPS) is 18.4. The third kappa shape index (κ3) is 59.3. The highest BCUT2D eigenvalue weighted by Crippen LogP contribution is 2.23. The minimum absolute atomic E-state index is 0.195. The topological polar surface area (TPSA) is 149 Å². The Bertz CT molecular complexity index is 1940. The third-order valence-corrected chi connectivity index (χ3v) is 17.7. The number of unbranched alkanes of at least 4 members (excludes halogenated alkanes) is 37. The summed E-state index contributed by atoms with van der Waals surface area (Å²) in [5.41, 5.74) is 0. The number of amides is 1. The highest BCUT2D eigenvalue weighted by atomic mass is 16.7. The Kier molecular flexibility index (Phi) is 66.8. The van der Waals surface area contributed by atoms with Crippen LogP contribution in [0.2, 0.25) is 0 Å². The lowest BCUT2D eigenvalue weighted by Crippen LogP contribution is -2.60. The van der Waals surface area contributed by atoms with Crippen LogP contribution >= 0.6 is 0 Å². The van der Waals surface area contributed by atoms with Gasteiger partial charge in [0.25, 0.3) is 0 Å². The van der Waals surface area contributed by atoms with Gasteiger partial charge in [0.2, 0.25) is 5.91 Å². The van der Waals surface area contributed by atoms with Gasteiger partial charge in [-0.15, -0.1) is 0 Å². The van der Waals surface area contributed by atoms with Crippen LogP contribution < -0.4 is 5.32 Å². The van der Waals surface area contributed by atoms with Gasteiger partial charge in [0, 0.05) is 6.42 Å². The molecule has 0 bridgehead atoms. The van der Waals surface area contributed by atoms with E-state index in [0.717, 1.165) is 103 Å². The molecule has 1 saturated heterocycles. The molecular weight excluding hydrogens is 1150 g/mol. The fourth-order valence-electron chi connectivity index (χ4n) is 11.7. The SMILES string of the molecule is CC/C=C\C/C=C\C/C=C\C/C=C\C/C=C\C/C=C\C/C=C\C/C=C\CCCCCCCCCCCCCCC(=O)NC(COC1OC(CO)C(O)C(O)C1O)C(O)/C=C/CC/C=C/CC/C=C/CCCCCCCCCCCCCCCCCCCCCCCCC. The minimum Gasteiger partial charge on any atom is -0.394 e. The van der Waals surface area contributed by atoms with Crippen molar-refractivity contribution in [2.45, 2.75) is 378 Å². The van der Waals surface area contributed by atoms with Crippen molar-refractivity contribution < 1.29 is 39.8 Å². The molecule has 0 aromatic carbocycles. The van der Waals surface area contributed by atoms with Crippen LogP contribution in [0.4, 0.5) is 0 Å².